The molecule has 0 radical (unpaired) electrons. The standard InChI is InChI=1S/C15H13Br2ClO/c16-13-8-12(10-18)9-14(17)15(13)19-7-6-11-4-2-1-3-5-11/h1-5,8-9H,6-7,10H2. The first kappa shape index (κ1) is 14.9. The van der Waals surface area contributed by atoms with Crippen LogP contribution in [0.15, 0.2) is 51.4 Å². The maximum Gasteiger partial charge on any atom is 0.147 e. The van der Waals surface area contributed by atoms with Gasteiger partial charge in [-0.05, 0) is 55.1 Å². The molecule has 19 heavy (non-hydrogen) atoms. The Kier molecular flexibility index (Phi) is 5.74. The minimum Gasteiger partial charge on any atom is -0.491 e. The zero-order chi connectivity index (χ0) is 13.7. The Morgan fingerprint density at radius 3 is 2.16 bits per heavy atom. The van der Waals surface area contributed by atoms with Gasteiger partial charge in [0, 0.05) is 12.3 Å². The third-order valence-electron chi connectivity index (χ3n) is 2.69. The lowest BCUT2D eigenvalue weighted by atomic mass is 10.2. The Balaban J connectivity index is 2.00. The summed E-state index contributed by atoms with van der Waals surface area (Å²) in [7, 11) is 0. The van der Waals surface area contributed by atoms with Crippen LogP contribution in [0.2, 0.25) is 0 Å². The summed E-state index contributed by atoms with van der Waals surface area (Å²) in [6.07, 6.45) is 0.886. The number of hydrogen-bond acceptors (Lipinski definition) is 1. The van der Waals surface area contributed by atoms with E-state index in [1.807, 2.05) is 30.3 Å². The summed E-state index contributed by atoms with van der Waals surface area (Å²) < 4.78 is 7.68. The van der Waals surface area contributed by atoms with Crippen LogP contribution in [-0.4, -0.2) is 6.61 Å². The fraction of sp³-hybridized carbons (Fsp3) is 0.200. The van der Waals surface area contributed by atoms with Gasteiger partial charge in [-0.3, -0.25) is 0 Å². The second-order valence-corrected chi connectivity index (χ2v) is 6.08. The van der Waals surface area contributed by atoms with Gasteiger partial charge >= 0.3 is 0 Å². The molecule has 0 heterocycles. The lowest BCUT2D eigenvalue weighted by Crippen LogP contribution is -2.02. The zero-order valence-electron chi connectivity index (χ0n) is 10.2. The van der Waals surface area contributed by atoms with E-state index in [1.54, 1.807) is 0 Å². The van der Waals surface area contributed by atoms with E-state index in [2.05, 4.69) is 44.0 Å². The van der Waals surface area contributed by atoms with Crippen molar-refractivity contribution in [1.82, 2.24) is 0 Å². The summed E-state index contributed by atoms with van der Waals surface area (Å²) in [5.41, 5.74) is 2.32. The Hall–Kier alpha value is -0.510. The van der Waals surface area contributed by atoms with E-state index < -0.39 is 0 Å². The molecule has 2 aromatic rings. The lowest BCUT2D eigenvalue weighted by Gasteiger charge is -2.11. The summed E-state index contributed by atoms with van der Waals surface area (Å²) in [6.45, 7) is 0.640. The molecule has 0 amide bonds. The van der Waals surface area contributed by atoms with Crippen molar-refractivity contribution in [3.63, 3.8) is 0 Å². The molecule has 0 saturated carbocycles. The van der Waals surface area contributed by atoms with E-state index in [0.29, 0.717) is 12.5 Å². The van der Waals surface area contributed by atoms with E-state index in [9.17, 15) is 0 Å². The van der Waals surface area contributed by atoms with E-state index in [4.69, 9.17) is 16.3 Å². The smallest absolute Gasteiger partial charge is 0.147 e. The molecule has 2 rings (SSSR count). The molecule has 0 atom stereocenters. The Morgan fingerprint density at radius 2 is 1.58 bits per heavy atom. The molecule has 0 spiro atoms. The zero-order valence-corrected chi connectivity index (χ0v) is 14.1. The minimum absolute atomic E-state index is 0.488. The van der Waals surface area contributed by atoms with Crippen LogP contribution in [0.25, 0.3) is 0 Å². The Labute approximate surface area is 135 Å². The van der Waals surface area contributed by atoms with Gasteiger partial charge in [0.25, 0.3) is 0 Å². The second-order valence-electron chi connectivity index (χ2n) is 4.11. The normalized spacial score (nSPS) is 10.5. The SMILES string of the molecule is ClCc1cc(Br)c(OCCc2ccccc2)c(Br)c1. The molecule has 0 aliphatic rings. The van der Waals surface area contributed by atoms with Crippen LogP contribution in [0.4, 0.5) is 0 Å². The predicted octanol–water partition coefficient (Wildman–Crippen LogP) is 5.57. The number of rotatable bonds is 5. The van der Waals surface area contributed by atoms with Crippen LogP contribution in [0.3, 0.4) is 0 Å². The molecular weight excluding hydrogens is 391 g/mol. The van der Waals surface area contributed by atoms with Crippen molar-refractivity contribution in [2.45, 2.75) is 12.3 Å². The number of benzene rings is 2. The van der Waals surface area contributed by atoms with Crippen molar-refractivity contribution < 1.29 is 4.74 Å². The van der Waals surface area contributed by atoms with Crippen LogP contribution >= 0.6 is 43.5 Å². The maximum atomic E-state index is 5.83. The van der Waals surface area contributed by atoms with Gasteiger partial charge in [-0.25, -0.2) is 0 Å². The van der Waals surface area contributed by atoms with E-state index in [1.165, 1.54) is 5.56 Å². The molecule has 0 N–H and O–H groups in total. The van der Waals surface area contributed by atoms with Gasteiger partial charge in [0.1, 0.15) is 5.75 Å². The highest BCUT2D eigenvalue weighted by Crippen LogP contribution is 2.35. The number of ether oxygens (including phenoxy) is 1. The molecule has 1 nitrogen and oxygen atoms in total. The third kappa shape index (κ3) is 4.23. The quantitative estimate of drug-likeness (QED) is 0.592. The summed E-state index contributed by atoms with van der Waals surface area (Å²) in [6, 6.07) is 14.3. The molecule has 0 aliphatic heterocycles. The third-order valence-corrected chi connectivity index (χ3v) is 4.18. The van der Waals surface area contributed by atoms with Crippen molar-refractivity contribution in [3.05, 3.63) is 62.5 Å². The number of alkyl halides is 1. The van der Waals surface area contributed by atoms with Crippen LogP contribution in [0.5, 0.6) is 5.75 Å². The molecule has 0 bridgehead atoms. The Morgan fingerprint density at radius 1 is 0.947 bits per heavy atom. The highest BCUT2D eigenvalue weighted by Gasteiger charge is 2.08. The molecule has 2 aromatic carbocycles. The van der Waals surface area contributed by atoms with Crippen molar-refractivity contribution >= 4 is 43.5 Å². The molecule has 0 unspecified atom stereocenters. The fourth-order valence-electron chi connectivity index (χ4n) is 1.74. The largest absolute Gasteiger partial charge is 0.491 e. The number of halogens is 3. The van der Waals surface area contributed by atoms with Crippen LogP contribution in [-0.2, 0) is 12.3 Å². The molecule has 0 aromatic heterocycles. The van der Waals surface area contributed by atoms with E-state index in [0.717, 1.165) is 26.7 Å². The average Bonchev–Trinajstić information content (AvgIpc) is 2.42. The highest BCUT2D eigenvalue weighted by atomic mass is 79.9. The highest BCUT2D eigenvalue weighted by molar-refractivity contribution is 9.11. The minimum atomic E-state index is 0.488. The summed E-state index contributed by atoms with van der Waals surface area (Å²) in [5, 5.41) is 0. The van der Waals surface area contributed by atoms with Gasteiger partial charge in [0.15, 0.2) is 0 Å². The topological polar surface area (TPSA) is 9.23 Å². The summed E-state index contributed by atoms with van der Waals surface area (Å²) in [5.74, 6) is 1.31. The van der Waals surface area contributed by atoms with Gasteiger partial charge in [0.2, 0.25) is 0 Å². The first-order chi connectivity index (χ1) is 9.20. The molecule has 0 saturated heterocycles. The maximum absolute atomic E-state index is 5.83. The second kappa shape index (κ2) is 7.32. The van der Waals surface area contributed by atoms with Gasteiger partial charge in [-0.2, -0.15) is 0 Å². The summed E-state index contributed by atoms with van der Waals surface area (Å²) >= 11 is 12.8. The van der Waals surface area contributed by atoms with Crippen molar-refractivity contribution in [2.24, 2.45) is 0 Å². The van der Waals surface area contributed by atoms with Crippen LogP contribution in [0.1, 0.15) is 11.1 Å². The summed E-state index contributed by atoms with van der Waals surface area (Å²) in [4.78, 5) is 0. The van der Waals surface area contributed by atoms with Crippen LogP contribution in [0, 0.1) is 0 Å². The molecule has 0 aliphatic carbocycles. The van der Waals surface area contributed by atoms with Gasteiger partial charge in [0.05, 0.1) is 15.6 Å². The van der Waals surface area contributed by atoms with Gasteiger partial charge in [-0.1, -0.05) is 30.3 Å². The first-order valence-electron chi connectivity index (χ1n) is 5.91. The van der Waals surface area contributed by atoms with Crippen molar-refractivity contribution in [1.29, 1.82) is 0 Å². The molecule has 100 valence electrons. The molecule has 0 fully saturated rings. The Bertz CT molecular complexity index is 520. The molecular formula is C15H13Br2ClO. The average molecular weight is 405 g/mol. The van der Waals surface area contributed by atoms with E-state index >= 15 is 0 Å². The van der Waals surface area contributed by atoms with E-state index in [-0.39, 0.29) is 0 Å². The molecule has 4 heteroatoms. The fourth-order valence-corrected chi connectivity index (χ4v) is 3.41. The number of hydrogen-bond donors (Lipinski definition) is 0. The van der Waals surface area contributed by atoms with Crippen molar-refractivity contribution in [3.8, 4) is 5.75 Å². The van der Waals surface area contributed by atoms with Crippen LogP contribution < -0.4 is 4.74 Å². The predicted molar refractivity (Wildman–Crippen MR) is 87.0 cm³/mol. The lowest BCUT2D eigenvalue weighted by molar-refractivity contribution is 0.318. The first-order valence-corrected chi connectivity index (χ1v) is 8.03. The van der Waals surface area contributed by atoms with Gasteiger partial charge in [-0.15, -0.1) is 11.6 Å². The van der Waals surface area contributed by atoms with Gasteiger partial charge < -0.3 is 4.74 Å². The monoisotopic (exact) mass is 402 g/mol. The van der Waals surface area contributed by atoms with Crippen molar-refractivity contribution in [2.75, 3.05) is 6.61 Å².